The number of rotatable bonds is 4. The SMILES string of the molecule is OC(CCN1CC2CCC(C1)O2)c1ccc(Br)cc1Cl. The summed E-state index contributed by atoms with van der Waals surface area (Å²) in [5, 5.41) is 10.9. The van der Waals surface area contributed by atoms with Crippen molar-refractivity contribution >= 4 is 27.5 Å². The summed E-state index contributed by atoms with van der Waals surface area (Å²) < 4.78 is 6.75. The second kappa shape index (κ2) is 6.32. The van der Waals surface area contributed by atoms with Gasteiger partial charge in [-0.3, -0.25) is 4.90 Å². The second-order valence-electron chi connectivity index (χ2n) is 5.69. The van der Waals surface area contributed by atoms with Gasteiger partial charge in [-0.1, -0.05) is 33.6 Å². The van der Waals surface area contributed by atoms with Gasteiger partial charge in [-0.25, -0.2) is 0 Å². The molecule has 0 aliphatic carbocycles. The minimum Gasteiger partial charge on any atom is -0.388 e. The van der Waals surface area contributed by atoms with Gasteiger partial charge < -0.3 is 9.84 Å². The normalized spacial score (nSPS) is 27.8. The zero-order chi connectivity index (χ0) is 14.1. The van der Waals surface area contributed by atoms with Gasteiger partial charge >= 0.3 is 0 Å². The first-order valence-corrected chi connectivity index (χ1v) is 8.30. The molecule has 5 heteroatoms. The molecule has 1 aromatic carbocycles. The molecule has 3 rings (SSSR count). The second-order valence-corrected chi connectivity index (χ2v) is 7.01. The Balaban J connectivity index is 1.55. The molecule has 20 heavy (non-hydrogen) atoms. The summed E-state index contributed by atoms with van der Waals surface area (Å²) >= 11 is 9.56. The van der Waals surface area contributed by atoms with Crippen LogP contribution in [-0.4, -0.2) is 41.8 Å². The van der Waals surface area contributed by atoms with E-state index in [2.05, 4.69) is 20.8 Å². The molecule has 0 radical (unpaired) electrons. The van der Waals surface area contributed by atoms with Crippen LogP contribution in [0.25, 0.3) is 0 Å². The minimum atomic E-state index is -0.504. The number of ether oxygens (including phenoxy) is 1. The van der Waals surface area contributed by atoms with Crippen LogP contribution in [0, 0.1) is 0 Å². The fraction of sp³-hybridized carbons (Fsp3) is 0.600. The van der Waals surface area contributed by atoms with Crippen LogP contribution in [0.15, 0.2) is 22.7 Å². The van der Waals surface area contributed by atoms with Crippen LogP contribution in [0.4, 0.5) is 0 Å². The maximum atomic E-state index is 10.3. The molecule has 110 valence electrons. The van der Waals surface area contributed by atoms with E-state index < -0.39 is 6.10 Å². The molecule has 0 spiro atoms. The Hall–Kier alpha value is -0.130. The number of aliphatic hydroxyl groups excluding tert-OH is 1. The summed E-state index contributed by atoms with van der Waals surface area (Å²) in [6, 6.07) is 5.63. The van der Waals surface area contributed by atoms with Gasteiger partial charge in [0.2, 0.25) is 0 Å². The number of hydrogen-bond donors (Lipinski definition) is 1. The van der Waals surface area contributed by atoms with Crippen molar-refractivity contribution in [2.75, 3.05) is 19.6 Å². The van der Waals surface area contributed by atoms with Crippen molar-refractivity contribution in [2.24, 2.45) is 0 Å². The molecule has 0 aromatic heterocycles. The quantitative estimate of drug-likeness (QED) is 0.893. The van der Waals surface area contributed by atoms with Crippen LogP contribution in [0.2, 0.25) is 5.02 Å². The lowest BCUT2D eigenvalue weighted by atomic mass is 10.1. The van der Waals surface area contributed by atoms with Crippen LogP contribution >= 0.6 is 27.5 Å². The highest BCUT2D eigenvalue weighted by Crippen LogP contribution is 2.30. The van der Waals surface area contributed by atoms with Crippen LogP contribution < -0.4 is 0 Å². The average Bonchev–Trinajstić information content (AvgIpc) is 2.75. The van der Waals surface area contributed by atoms with E-state index in [1.807, 2.05) is 18.2 Å². The van der Waals surface area contributed by atoms with E-state index in [0.717, 1.165) is 29.7 Å². The summed E-state index contributed by atoms with van der Waals surface area (Å²) in [6.45, 7) is 2.89. The third kappa shape index (κ3) is 3.37. The molecule has 1 N–H and O–H groups in total. The molecule has 3 unspecified atom stereocenters. The Labute approximate surface area is 133 Å². The molecule has 1 aromatic rings. The Morgan fingerprint density at radius 1 is 1.35 bits per heavy atom. The Morgan fingerprint density at radius 3 is 2.70 bits per heavy atom. The number of hydrogen-bond acceptors (Lipinski definition) is 3. The van der Waals surface area contributed by atoms with Crippen LogP contribution in [0.3, 0.4) is 0 Å². The summed E-state index contributed by atoms with van der Waals surface area (Å²) in [6.07, 6.45) is 3.38. The number of aliphatic hydroxyl groups is 1. The molecule has 2 heterocycles. The molecule has 2 aliphatic rings. The summed E-state index contributed by atoms with van der Waals surface area (Å²) in [4.78, 5) is 2.40. The van der Waals surface area contributed by atoms with Gasteiger partial charge in [0.25, 0.3) is 0 Å². The Kier molecular flexibility index (Phi) is 4.68. The molecule has 0 saturated carbocycles. The van der Waals surface area contributed by atoms with E-state index in [9.17, 15) is 5.11 Å². The summed E-state index contributed by atoms with van der Waals surface area (Å²) in [7, 11) is 0. The predicted octanol–water partition coefficient (Wildman–Crippen LogP) is 3.39. The molecular formula is C15H19BrClNO2. The molecule has 2 aliphatic heterocycles. The average molecular weight is 361 g/mol. The van der Waals surface area contributed by atoms with Gasteiger partial charge in [-0.15, -0.1) is 0 Å². The smallest absolute Gasteiger partial charge is 0.0816 e. The maximum absolute atomic E-state index is 10.3. The summed E-state index contributed by atoms with van der Waals surface area (Å²) in [5.41, 5.74) is 0.811. The molecule has 3 atom stereocenters. The van der Waals surface area contributed by atoms with Gasteiger partial charge in [0, 0.05) is 29.1 Å². The molecule has 3 nitrogen and oxygen atoms in total. The van der Waals surface area contributed by atoms with Crippen LogP contribution in [0.5, 0.6) is 0 Å². The van der Waals surface area contributed by atoms with E-state index >= 15 is 0 Å². The summed E-state index contributed by atoms with van der Waals surface area (Å²) in [5.74, 6) is 0. The molecule has 2 saturated heterocycles. The van der Waals surface area contributed by atoms with Crippen molar-refractivity contribution in [3.63, 3.8) is 0 Å². The number of benzene rings is 1. The predicted molar refractivity (Wildman–Crippen MR) is 83.1 cm³/mol. The highest BCUT2D eigenvalue weighted by atomic mass is 79.9. The third-order valence-corrected chi connectivity index (χ3v) is 4.98. The Morgan fingerprint density at radius 2 is 2.05 bits per heavy atom. The Bertz CT molecular complexity index is 473. The highest BCUT2D eigenvalue weighted by Gasteiger charge is 2.33. The topological polar surface area (TPSA) is 32.7 Å². The first kappa shape index (κ1) is 14.8. The molecule has 2 fully saturated rings. The van der Waals surface area contributed by atoms with E-state index in [-0.39, 0.29) is 0 Å². The van der Waals surface area contributed by atoms with Gasteiger partial charge in [-0.2, -0.15) is 0 Å². The number of fused-ring (bicyclic) bond motifs is 2. The zero-order valence-corrected chi connectivity index (χ0v) is 13.6. The van der Waals surface area contributed by atoms with Crippen molar-refractivity contribution in [1.29, 1.82) is 0 Å². The number of morpholine rings is 1. The van der Waals surface area contributed by atoms with E-state index in [1.54, 1.807) is 0 Å². The van der Waals surface area contributed by atoms with Gasteiger partial charge in [-0.05, 0) is 37.0 Å². The molecule has 2 bridgehead atoms. The molecular weight excluding hydrogens is 342 g/mol. The fourth-order valence-electron chi connectivity index (χ4n) is 3.11. The first-order valence-electron chi connectivity index (χ1n) is 7.12. The van der Waals surface area contributed by atoms with E-state index in [0.29, 0.717) is 23.7 Å². The lowest BCUT2D eigenvalue weighted by molar-refractivity contribution is -0.0414. The van der Waals surface area contributed by atoms with E-state index in [4.69, 9.17) is 16.3 Å². The maximum Gasteiger partial charge on any atom is 0.0816 e. The molecule has 0 amide bonds. The van der Waals surface area contributed by atoms with Crippen molar-refractivity contribution in [1.82, 2.24) is 4.90 Å². The lowest BCUT2D eigenvalue weighted by Gasteiger charge is -2.32. The first-order chi connectivity index (χ1) is 9.61. The standard InChI is InChI=1S/C15H19BrClNO2/c16-10-1-4-13(14(17)7-10)15(19)5-6-18-8-11-2-3-12(9-18)20-11/h1,4,7,11-12,15,19H,2-3,5-6,8-9H2. The van der Waals surface area contributed by atoms with Crippen LogP contribution in [0.1, 0.15) is 30.9 Å². The van der Waals surface area contributed by atoms with Gasteiger partial charge in [0.15, 0.2) is 0 Å². The monoisotopic (exact) mass is 359 g/mol. The van der Waals surface area contributed by atoms with Crippen molar-refractivity contribution in [3.05, 3.63) is 33.3 Å². The number of halogens is 2. The largest absolute Gasteiger partial charge is 0.388 e. The van der Waals surface area contributed by atoms with Crippen molar-refractivity contribution in [2.45, 2.75) is 37.6 Å². The van der Waals surface area contributed by atoms with Gasteiger partial charge in [0.05, 0.1) is 18.3 Å². The number of nitrogens with zero attached hydrogens (tertiary/aromatic N) is 1. The van der Waals surface area contributed by atoms with Crippen molar-refractivity contribution in [3.8, 4) is 0 Å². The van der Waals surface area contributed by atoms with Crippen LogP contribution in [-0.2, 0) is 4.74 Å². The van der Waals surface area contributed by atoms with Gasteiger partial charge in [0.1, 0.15) is 0 Å². The lowest BCUT2D eigenvalue weighted by Crippen LogP contribution is -2.43. The zero-order valence-electron chi connectivity index (χ0n) is 11.3. The highest BCUT2D eigenvalue weighted by molar-refractivity contribution is 9.10. The number of likely N-dealkylation sites (tertiary alicyclic amines) is 1. The third-order valence-electron chi connectivity index (χ3n) is 4.16. The van der Waals surface area contributed by atoms with Crippen molar-refractivity contribution < 1.29 is 9.84 Å². The van der Waals surface area contributed by atoms with E-state index in [1.165, 1.54) is 12.8 Å². The minimum absolute atomic E-state index is 0.405. The fourth-order valence-corrected chi connectivity index (χ4v) is 3.91.